The van der Waals surface area contributed by atoms with Crippen molar-refractivity contribution in [2.24, 2.45) is 29.6 Å². The number of unbranched alkanes of at least 4 members (excludes halogenated alkanes) is 21. The molecule has 7 atom stereocenters. The Morgan fingerprint density at radius 1 is 0.422 bits per heavy atom. The summed E-state index contributed by atoms with van der Waals surface area (Å²) in [5.41, 5.74) is 11.1. The van der Waals surface area contributed by atoms with E-state index in [2.05, 4.69) is 132 Å². The molecule has 19 heteroatoms. The number of hydrogen-bond acceptors (Lipinski definition) is 19. The van der Waals surface area contributed by atoms with E-state index >= 15 is 0 Å². The Balaban J connectivity index is 0.000000276. The third-order valence-electron chi connectivity index (χ3n) is 27.1. The van der Waals surface area contributed by atoms with Crippen LogP contribution in [0.4, 0.5) is 0 Å². The Labute approximate surface area is 815 Å². The van der Waals surface area contributed by atoms with Gasteiger partial charge in [-0.25, -0.2) is 19.2 Å². The normalized spacial score (nSPS) is 18.3. The van der Waals surface area contributed by atoms with E-state index in [1.165, 1.54) is 172 Å². The number of aryl methyl sites for hydroxylation is 2. The number of ether oxygens (including phenoxy) is 13. The molecule has 3 heterocycles. The molecule has 4 aromatic carbocycles. The summed E-state index contributed by atoms with van der Waals surface area (Å²) in [5, 5.41) is 3.39. The fourth-order valence-corrected chi connectivity index (χ4v) is 18.8. The zero-order valence-electron chi connectivity index (χ0n) is 85.4. The van der Waals surface area contributed by atoms with Crippen molar-refractivity contribution in [1.82, 2.24) is 10.2 Å². The van der Waals surface area contributed by atoms with Crippen LogP contribution < -0.4 is 24.3 Å². The van der Waals surface area contributed by atoms with Crippen LogP contribution in [0.1, 0.15) is 322 Å². The first kappa shape index (κ1) is 114. The summed E-state index contributed by atoms with van der Waals surface area (Å²) in [6.45, 7) is 52.8. The zero-order valence-corrected chi connectivity index (χ0v) is 85.4. The number of hydrogen-bond donors (Lipinski definition) is 1. The SMILES string of the molecule is C=C(C)C(=C)OCCC1CC(C2CCC(OCCCCCCCCCC)C(CCOC(=O)C(=C)C)C2)CCC1OC1CCOC1.C=C(C)C(=O)OCCCc1cc(-c2ccc(OCCCCCCCCCC)cc2C)ccc1OCOCC1CCNCC1.C=C(C)C(=O)OCCc1cc(-c2ccc(OCCN3CCCC3)c(CCOC(=O)C(=C)C)c2)ccc1OCCCCCCCCCC. The Kier molecular flexibility index (Phi) is 57.5. The molecule has 3 saturated heterocycles. The monoisotopic (exact) mass is 1870 g/mol. The van der Waals surface area contributed by atoms with Crippen LogP contribution in [0.5, 0.6) is 23.0 Å². The minimum atomic E-state index is -0.391. The van der Waals surface area contributed by atoms with E-state index in [1.807, 2.05) is 25.1 Å². The van der Waals surface area contributed by atoms with E-state index in [4.69, 9.17) is 61.6 Å². The molecule has 19 nitrogen and oxygen atoms in total. The third kappa shape index (κ3) is 46.1. The molecule has 1 N–H and O–H groups in total. The molecule has 5 fully saturated rings. The number of rotatable bonds is 66. The van der Waals surface area contributed by atoms with Gasteiger partial charge in [0.2, 0.25) is 0 Å². The third-order valence-corrected chi connectivity index (χ3v) is 27.1. The van der Waals surface area contributed by atoms with Crippen molar-refractivity contribution in [3.8, 4) is 45.3 Å². The molecule has 2 saturated carbocycles. The lowest BCUT2D eigenvalue weighted by atomic mass is 9.66. The number of benzene rings is 4. The van der Waals surface area contributed by atoms with Crippen LogP contribution in [0.3, 0.4) is 0 Å². The molecule has 0 radical (unpaired) electrons. The van der Waals surface area contributed by atoms with Crippen molar-refractivity contribution in [2.45, 2.75) is 344 Å². The highest BCUT2D eigenvalue weighted by atomic mass is 16.7. The zero-order chi connectivity index (χ0) is 97.0. The Morgan fingerprint density at radius 2 is 0.874 bits per heavy atom. The van der Waals surface area contributed by atoms with Crippen LogP contribution in [-0.4, -0.2) is 166 Å². The summed E-state index contributed by atoms with van der Waals surface area (Å²) < 4.78 is 77.1. The van der Waals surface area contributed by atoms with E-state index in [-0.39, 0.29) is 56.2 Å². The number of likely N-dealkylation sites (tertiary alicyclic amines) is 1. The molecule has 135 heavy (non-hydrogen) atoms. The van der Waals surface area contributed by atoms with Crippen LogP contribution in [0.15, 0.2) is 146 Å². The number of carbonyl (C=O) groups excluding carboxylic acids is 4. The van der Waals surface area contributed by atoms with Gasteiger partial charge in [-0.15, -0.1) is 0 Å². The van der Waals surface area contributed by atoms with Crippen molar-refractivity contribution in [3.05, 3.63) is 168 Å². The molecule has 4 aromatic rings. The van der Waals surface area contributed by atoms with Gasteiger partial charge in [0, 0.05) is 54.9 Å². The van der Waals surface area contributed by atoms with Crippen LogP contribution in [0.2, 0.25) is 0 Å². The smallest absolute Gasteiger partial charge is 0.333 e. The van der Waals surface area contributed by atoms with Gasteiger partial charge in [-0.2, -0.15) is 0 Å². The summed E-state index contributed by atoms with van der Waals surface area (Å²) in [5.74, 6) is 5.43. The lowest BCUT2D eigenvalue weighted by Gasteiger charge is -2.44. The highest BCUT2D eigenvalue weighted by Crippen LogP contribution is 2.46. The van der Waals surface area contributed by atoms with Crippen molar-refractivity contribution in [2.75, 3.05) is 119 Å². The van der Waals surface area contributed by atoms with Crippen molar-refractivity contribution >= 4 is 23.9 Å². The lowest BCUT2D eigenvalue weighted by molar-refractivity contribution is -0.140. The average molecular weight is 1870 g/mol. The molecule has 754 valence electrons. The van der Waals surface area contributed by atoms with Gasteiger partial charge in [0.15, 0.2) is 6.79 Å². The number of allylic oxidation sites excluding steroid dienone is 1. The molecule has 0 spiro atoms. The first-order valence-corrected chi connectivity index (χ1v) is 52.7. The maximum Gasteiger partial charge on any atom is 0.333 e. The van der Waals surface area contributed by atoms with Gasteiger partial charge in [0.25, 0.3) is 0 Å². The maximum atomic E-state index is 12.1. The molecule has 0 amide bonds. The summed E-state index contributed by atoms with van der Waals surface area (Å²) in [7, 11) is 0. The number of nitrogens with one attached hydrogen (secondary N) is 1. The summed E-state index contributed by atoms with van der Waals surface area (Å²) in [4.78, 5) is 50.4. The standard InChI is InChI=1S/C40H57NO6.C39H66O6.C37H55NO5/c1-6-7-8-9-10-11-12-15-25-44-37-18-16-33(29-35(37)20-26-46-39(42)31(2)3)34-17-19-38(45-28-24-41-22-13-14-23-41)36(30-34)21-27-47-40(43)32(4)5;1-7-8-9-10-11-12-13-14-22-43-37-17-15-32(26-34(37)20-25-44-39(40)30(4)5)33-16-18-38(45-36-21-23-41-28-36)35(27-33)19-24-42-31(6)29(2)3;1-5-6-7-8-9-10-11-12-23-41-34-16-17-35(30(4)25-34)32-15-18-36(43-28-40-27-31-19-21-38-22-20-31)33(26-32)14-13-24-42-37(39)29(2)3/h16-19,29-30H,2,4,6-15,20-28H2,1,3,5H3;32-38H,2,4,6-28H2,1,3,5H3;15-18,25-26,31,38H,2,5-14,19-24,27-28H2,1,3-4H3. The quantitative estimate of drug-likeness (QED) is 0.00830. The molecule has 7 unspecified atom stereocenters. The average Bonchev–Trinajstić information content (AvgIpc) is 1.36. The van der Waals surface area contributed by atoms with Crippen LogP contribution in [0, 0.1) is 36.5 Å². The molecular weight excluding hydrogens is 1690 g/mol. The molecule has 2 aliphatic carbocycles. The van der Waals surface area contributed by atoms with Crippen LogP contribution in [-0.2, 0) is 81.1 Å². The van der Waals surface area contributed by atoms with E-state index in [1.54, 1.807) is 27.7 Å². The van der Waals surface area contributed by atoms with Gasteiger partial charge in [0.05, 0.1) is 77.8 Å². The summed E-state index contributed by atoms with van der Waals surface area (Å²) in [6, 6.07) is 25.1. The Bertz CT molecular complexity index is 4110. The second-order valence-electron chi connectivity index (χ2n) is 38.9. The van der Waals surface area contributed by atoms with Crippen molar-refractivity contribution < 1.29 is 80.8 Å². The number of esters is 4. The van der Waals surface area contributed by atoms with Crippen molar-refractivity contribution in [3.63, 3.8) is 0 Å². The molecule has 0 bridgehead atoms. The summed E-state index contributed by atoms with van der Waals surface area (Å²) in [6.07, 6.45) is 48.5. The predicted molar refractivity (Wildman–Crippen MR) is 549 cm³/mol. The predicted octanol–water partition coefficient (Wildman–Crippen LogP) is 26.8. The van der Waals surface area contributed by atoms with Gasteiger partial charge >= 0.3 is 23.9 Å². The highest BCUT2D eigenvalue weighted by molar-refractivity contribution is 5.88. The molecule has 3 aliphatic heterocycles. The summed E-state index contributed by atoms with van der Waals surface area (Å²) >= 11 is 0. The van der Waals surface area contributed by atoms with E-state index in [9.17, 15) is 19.2 Å². The van der Waals surface area contributed by atoms with Gasteiger partial charge in [-0.3, -0.25) is 4.90 Å². The van der Waals surface area contributed by atoms with Crippen molar-refractivity contribution in [1.29, 1.82) is 0 Å². The Hall–Kier alpha value is -8.04. The molecule has 0 aromatic heterocycles. The first-order chi connectivity index (χ1) is 65.5. The van der Waals surface area contributed by atoms with E-state index < -0.39 is 5.97 Å². The van der Waals surface area contributed by atoms with E-state index in [0.29, 0.717) is 110 Å². The first-order valence-electron chi connectivity index (χ1n) is 52.7. The van der Waals surface area contributed by atoms with E-state index in [0.717, 1.165) is 211 Å². The fourth-order valence-electron chi connectivity index (χ4n) is 18.8. The minimum Gasteiger partial charge on any atom is -0.494 e. The van der Waals surface area contributed by atoms with Gasteiger partial charge < -0.3 is 66.9 Å². The second kappa shape index (κ2) is 68.1. The number of carbonyl (C=O) groups is 4. The Morgan fingerprint density at radius 3 is 1.39 bits per heavy atom. The highest BCUT2D eigenvalue weighted by Gasteiger charge is 2.41. The van der Waals surface area contributed by atoms with Gasteiger partial charge in [-0.05, 0) is 311 Å². The topological polar surface area (TPSA) is 204 Å². The van der Waals surface area contributed by atoms with Crippen LogP contribution >= 0.6 is 0 Å². The second-order valence-corrected chi connectivity index (χ2v) is 38.9. The molecule has 5 aliphatic rings. The molecular formula is C116H178N2O17. The van der Waals surface area contributed by atoms with Crippen LogP contribution in [0.25, 0.3) is 22.3 Å². The maximum absolute atomic E-state index is 12.1. The number of nitrogens with zero attached hydrogens (tertiary/aromatic N) is 1. The number of piperidine rings is 1. The lowest BCUT2D eigenvalue weighted by Crippen LogP contribution is -2.40. The van der Waals surface area contributed by atoms with Gasteiger partial charge in [0.1, 0.15) is 35.4 Å². The molecule has 9 rings (SSSR count). The minimum absolute atomic E-state index is 0.222. The fraction of sp³-hybridized carbons (Fsp3) is 0.655. The van der Waals surface area contributed by atoms with Gasteiger partial charge in [-0.1, -0.05) is 219 Å². The largest absolute Gasteiger partial charge is 0.494 e.